The van der Waals surface area contributed by atoms with Gasteiger partial charge in [0.25, 0.3) is 0 Å². The molecule has 1 aromatic heterocycles. The highest BCUT2D eigenvalue weighted by molar-refractivity contribution is 9.10. The minimum absolute atomic E-state index is 0.224. The molecule has 0 spiro atoms. The van der Waals surface area contributed by atoms with Gasteiger partial charge in [-0.25, -0.2) is 4.79 Å². The van der Waals surface area contributed by atoms with Gasteiger partial charge in [-0.2, -0.15) is 0 Å². The maximum Gasteiger partial charge on any atom is 0.336 e. The molecule has 1 fully saturated rings. The fourth-order valence-electron chi connectivity index (χ4n) is 3.02. The van der Waals surface area contributed by atoms with Gasteiger partial charge in [-0.3, -0.25) is 4.98 Å². The summed E-state index contributed by atoms with van der Waals surface area (Å²) in [4.78, 5) is 18.0. The molecule has 22 heavy (non-hydrogen) atoms. The Bertz CT molecular complexity index is 725. The van der Waals surface area contributed by atoms with Gasteiger partial charge in [0.05, 0.1) is 30.0 Å². The summed E-state index contributed by atoms with van der Waals surface area (Å²) in [6.07, 6.45) is 1.53. The number of aromatic carboxylic acids is 1. The van der Waals surface area contributed by atoms with Crippen molar-refractivity contribution in [2.24, 2.45) is 0 Å². The number of carbonyl (C=O) groups is 1. The van der Waals surface area contributed by atoms with Crippen LogP contribution in [0.5, 0.6) is 0 Å². The van der Waals surface area contributed by atoms with Crippen molar-refractivity contribution in [2.45, 2.75) is 25.9 Å². The monoisotopic (exact) mass is 364 g/mol. The molecule has 1 aromatic carbocycles. The zero-order chi connectivity index (χ0) is 15.9. The number of ether oxygens (including phenoxy) is 1. The van der Waals surface area contributed by atoms with E-state index in [0.717, 1.165) is 10.2 Å². The topological polar surface area (TPSA) is 62.7 Å². The Hall–Kier alpha value is -1.66. The van der Waals surface area contributed by atoms with E-state index in [-0.39, 0.29) is 17.6 Å². The zero-order valence-corrected chi connectivity index (χ0v) is 14.0. The SMILES string of the molecule is CC1COCC(C)N1c1cc2c(C(=O)O)ccnc2cc1Br. The Morgan fingerprint density at radius 2 is 2.05 bits per heavy atom. The standard InChI is InChI=1S/C16H17BrN2O3/c1-9-7-22-8-10(2)19(9)15-5-12-11(16(20)21)3-4-18-14(12)6-13(15)17/h3-6,9-10H,7-8H2,1-2H3,(H,20,21). The third kappa shape index (κ3) is 2.57. The number of carboxylic acid groups (broad SMARTS) is 1. The predicted octanol–water partition coefficient (Wildman–Crippen LogP) is 3.31. The molecule has 0 amide bonds. The van der Waals surface area contributed by atoms with Crippen LogP contribution in [-0.2, 0) is 4.74 Å². The van der Waals surface area contributed by atoms with Crippen LogP contribution in [0.4, 0.5) is 5.69 Å². The van der Waals surface area contributed by atoms with Crippen molar-refractivity contribution < 1.29 is 14.6 Å². The molecule has 5 nitrogen and oxygen atoms in total. The van der Waals surface area contributed by atoms with Gasteiger partial charge < -0.3 is 14.7 Å². The molecular formula is C16H17BrN2O3. The van der Waals surface area contributed by atoms with Crippen LogP contribution in [0.3, 0.4) is 0 Å². The molecule has 0 bridgehead atoms. The van der Waals surface area contributed by atoms with Crippen molar-refractivity contribution in [3.05, 3.63) is 34.4 Å². The van der Waals surface area contributed by atoms with Crippen LogP contribution < -0.4 is 4.90 Å². The average Bonchev–Trinajstić information content (AvgIpc) is 2.46. The highest BCUT2D eigenvalue weighted by Gasteiger charge is 2.27. The van der Waals surface area contributed by atoms with E-state index in [1.54, 1.807) is 0 Å². The Morgan fingerprint density at radius 1 is 1.36 bits per heavy atom. The van der Waals surface area contributed by atoms with Crippen LogP contribution in [0.1, 0.15) is 24.2 Å². The molecule has 116 valence electrons. The third-order valence-corrected chi connectivity index (χ3v) is 4.62. The highest BCUT2D eigenvalue weighted by atomic mass is 79.9. The summed E-state index contributed by atoms with van der Waals surface area (Å²) in [5.74, 6) is -0.941. The van der Waals surface area contributed by atoms with E-state index < -0.39 is 5.97 Å². The summed E-state index contributed by atoms with van der Waals surface area (Å²) in [5.41, 5.74) is 1.92. The number of hydrogen-bond donors (Lipinski definition) is 1. The van der Waals surface area contributed by atoms with Crippen LogP contribution in [0.2, 0.25) is 0 Å². The molecule has 6 heteroatoms. The fourth-order valence-corrected chi connectivity index (χ4v) is 3.56. The zero-order valence-electron chi connectivity index (χ0n) is 12.4. The second-order valence-electron chi connectivity index (χ2n) is 5.63. The normalized spacial score (nSPS) is 22.0. The van der Waals surface area contributed by atoms with Crippen LogP contribution in [0, 0.1) is 0 Å². The van der Waals surface area contributed by atoms with Gasteiger partial charge >= 0.3 is 5.97 Å². The fraction of sp³-hybridized carbons (Fsp3) is 0.375. The van der Waals surface area contributed by atoms with Crippen molar-refractivity contribution in [2.75, 3.05) is 18.1 Å². The number of benzene rings is 1. The van der Waals surface area contributed by atoms with Gasteiger partial charge in [0.15, 0.2) is 0 Å². The van der Waals surface area contributed by atoms with Crippen LogP contribution in [-0.4, -0.2) is 41.4 Å². The number of rotatable bonds is 2. The number of aromatic nitrogens is 1. The van der Waals surface area contributed by atoms with Crippen molar-refractivity contribution in [3.63, 3.8) is 0 Å². The van der Waals surface area contributed by atoms with Crippen molar-refractivity contribution >= 4 is 38.5 Å². The lowest BCUT2D eigenvalue weighted by atomic mass is 10.1. The molecule has 2 unspecified atom stereocenters. The number of carboxylic acids is 1. The highest BCUT2D eigenvalue weighted by Crippen LogP contribution is 2.35. The quantitative estimate of drug-likeness (QED) is 0.885. The van der Waals surface area contributed by atoms with Gasteiger partial charge in [0.1, 0.15) is 0 Å². The van der Waals surface area contributed by atoms with E-state index in [2.05, 4.69) is 39.7 Å². The number of halogens is 1. The van der Waals surface area contributed by atoms with Crippen LogP contribution in [0.25, 0.3) is 10.9 Å². The van der Waals surface area contributed by atoms with E-state index in [1.807, 2.05) is 12.1 Å². The molecule has 0 aliphatic carbocycles. The Kier molecular flexibility index (Phi) is 4.06. The summed E-state index contributed by atoms with van der Waals surface area (Å²) in [7, 11) is 0. The Morgan fingerprint density at radius 3 is 2.68 bits per heavy atom. The van der Waals surface area contributed by atoms with Crippen molar-refractivity contribution in [3.8, 4) is 0 Å². The lowest BCUT2D eigenvalue weighted by Crippen LogP contribution is -2.49. The smallest absolute Gasteiger partial charge is 0.336 e. The molecule has 0 saturated carbocycles. The van der Waals surface area contributed by atoms with E-state index in [4.69, 9.17) is 4.74 Å². The van der Waals surface area contributed by atoms with Crippen LogP contribution >= 0.6 is 15.9 Å². The van der Waals surface area contributed by atoms with E-state index >= 15 is 0 Å². The Balaban J connectivity index is 2.19. The van der Waals surface area contributed by atoms with Gasteiger partial charge in [-0.05, 0) is 48.0 Å². The summed E-state index contributed by atoms with van der Waals surface area (Å²) in [5, 5.41) is 10.0. The molecule has 1 aliphatic heterocycles. The predicted molar refractivity (Wildman–Crippen MR) is 88.6 cm³/mol. The molecule has 1 N–H and O–H groups in total. The number of anilines is 1. The van der Waals surface area contributed by atoms with Crippen LogP contribution in [0.15, 0.2) is 28.9 Å². The van der Waals surface area contributed by atoms with E-state index in [9.17, 15) is 9.90 Å². The largest absolute Gasteiger partial charge is 0.478 e. The second kappa shape index (κ2) is 5.85. The third-order valence-electron chi connectivity index (χ3n) is 3.99. The lowest BCUT2D eigenvalue weighted by Gasteiger charge is -2.41. The number of morpholine rings is 1. The first-order valence-corrected chi connectivity index (χ1v) is 7.96. The van der Waals surface area contributed by atoms with Gasteiger partial charge in [0.2, 0.25) is 0 Å². The average molecular weight is 365 g/mol. The molecule has 2 aromatic rings. The lowest BCUT2D eigenvalue weighted by molar-refractivity contribution is 0.0699. The number of pyridine rings is 1. The first kappa shape index (κ1) is 15.2. The minimum atomic E-state index is -0.941. The van der Waals surface area contributed by atoms with E-state index in [1.165, 1.54) is 12.3 Å². The number of hydrogen-bond acceptors (Lipinski definition) is 4. The Labute approximate surface area is 137 Å². The maximum atomic E-state index is 11.4. The van der Waals surface area contributed by atoms with Crippen molar-refractivity contribution in [1.82, 2.24) is 4.98 Å². The molecule has 1 saturated heterocycles. The first-order chi connectivity index (χ1) is 10.5. The summed E-state index contributed by atoms with van der Waals surface area (Å²) in [6, 6.07) is 5.78. The maximum absolute atomic E-state index is 11.4. The van der Waals surface area contributed by atoms with E-state index in [0.29, 0.717) is 24.1 Å². The van der Waals surface area contributed by atoms with Gasteiger partial charge in [-0.1, -0.05) is 0 Å². The molecule has 2 heterocycles. The van der Waals surface area contributed by atoms with Crippen molar-refractivity contribution in [1.29, 1.82) is 0 Å². The second-order valence-corrected chi connectivity index (χ2v) is 6.48. The molecule has 1 aliphatic rings. The summed E-state index contributed by atoms with van der Waals surface area (Å²) >= 11 is 3.60. The first-order valence-electron chi connectivity index (χ1n) is 7.16. The molecular weight excluding hydrogens is 348 g/mol. The van der Waals surface area contributed by atoms with Gasteiger partial charge in [-0.15, -0.1) is 0 Å². The summed E-state index contributed by atoms with van der Waals surface area (Å²) in [6.45, 7) is 5.53. The summed E-state index contributed by atoms with van der Waals surface area (Å²) < 4.78 is 6.48. The number of fused-ring (bicyclic) bond motifs is 1. The number of nitrogens with zero attached hydrogens (tertiary/aromatic N) is 2. The van der Waals surface area contributed by atoms with Gasteiger partial charge in [0, 0.05) is 28.1 Å². The molecule has 3 rings (SSSR count). The minimum Gasteiger partial charge on any atom is -0.478 e. The molecule has 2 atom stereocenters. The molecule has 0 radical (unpaired) electrons.